The summed E-state index contributed by atoms with van der Waals surface area (Å²) in [5, 5.41) is 41.4. The van der Waals surface area contributed by atoms with Crippen molar-refractivity contribution in [3.63, 3.8) is 0 Å². The summed E-state index contributed by atoms with van der Waals surface area (Å²) in [5.74, 6) is -9.82. The summed E-state index contributed by atoms with van der Waals surface area (Å²) < 4.78 is 67.4. The number of carbonyl (C=O) groups excluding carboxylic acids is 10. The maximum atomic E-state index is 12.6. The van der Waals surface area contributed by atoms with Crippen molar-refractivity contribution in [2.75, 3.05) is 78.9 Å². The van der Waals surface area contributed by atoms with Gasteiger partial charge in [0.15, 0.2) is 0 Å². The number of nitrogens with two attached hydrogens (primary N) is 1. The Kier molecular flexibility index (Phi) is 56.6. The summed E-state index contributed by atoms with van der Waals surface area (Å²) in [6, 6.07) is 0. The molecule has 0 bridgehead atoms. The highest BCUT2D eigenvalue weighted by atomic mass is 19.4. The number of azide groups is 3. The number of ether oxygens (including phenoxy) is 7. The molecule has 0 aliphatic rings. The van der Waals surface area contributed by atoms with Crippen LogP contribution in [0.25, 0.3) is 31.3 Å². The zero-order valence-corrected chi connectivity index (χ0v) is 58.1. The number of hydrogen-bond donors (Lipinski definition) is 6. The lowest BCUT2D eigenvalue weighted by Gasteiger charge is -2.24. The summed E-state index contributed by atoms with van der Waals surface area (Å²) in [6.07, 6.45) is -7.21. The van der Waals surface area contributed by atoms with Crippen LogP contribution >= 0.6 is 0 Å². The lowest BCUT2D eigenvalue weighted by molar-refractivity contribution is -0.162. The van der Waals surface area contributed by atoms with Crippen molar-refractivity contribution in [1.29, 1.82) is 0 Å². The first-order valence-electron chi connectivity index (χ1n) is 30.9. The minimum Gasteiger partial charge on any atom is -0.481 e. The molecule has 0 saturated heterocycles. The highest BCUT2D eigenvalue weighted by Crippen LogP contribution is 2.23. The number of alkyl halides is 3. The second-order valence-corrected chi connectivity index (χ2v) is 24.6. The average Bonchev–Trinajstić information content (AvgIpc) is 1.02. The predicted octanol–water partition coefficient (Wildman–Crippen LogP) is 7.89. The van der Waals surface area contributed by atoms with Gasteiger partial charge in [-0.15, -0.1) is 0 Å². The molecule has 0 aromatic heterocycles. The molecule has 0 aromatic rings. The van der Waals surface area contributed by atoms with E-state index in [0.29, 0.717) is 26.3 Å². The van der Waals surface area contributed by atoms with Crippen LogP contribution in [0.3, 0.4) is 0 Å². The van der Waals surface area contributed by atoms with Crippen molar-refractivity contribution in [2.45, 2.75) is 208 Å². The first-order valence-corrected chi connectivity index (χ1v) is 30.9. The van der Waals surface area contributed by atoms with E-state index in [9.17, 15) is 70.7 Å². The van der Waals surface area contributed by atoms with Gasteiger partial charge < -0.3 is 64.8 Å². The van der Waals surface area contributed by atoms with E-state index in [2.05, 4.69) is 40.7 Å². The number of aliphatic carboxylic acids is 3. The third-order valence-electron chi connectivity index (χ3n) is 10.8. The maximum Gasteiger partial charge on any atom is 0.446 e. The number of aldehydes is 1. The number of ketones is 3. The Morgan fingerprint density at radius 2 is 0.745 bits per heavy atom. The third kappa shape index (κ3) is 76.5. The number of carbonyl (C=O) groups is 13. The van der Waals surface area contributed by atoms with Crippen molar-refractivity contribution in [1.82, 2.24) is 10.6 Å². The molecule has 0 fully saturated rings. The lowest BCUT2D eigenvalue weighted by atomic mass is 9.94. The largest absolute Gasteiger partial charge is 0.481 e. The van der Waals surface area contributed by atoms with Gasteiger partial charge in [-0.2, -0.15) is 13.2 Å². The molecule has 0 aliphatic heterocycles. The molecule has 2 amide bonds. The molecule has 560 valence electrons. The zero-order valence-electron chi connectivity index (χ0n) is 58.1. The number of Topliss-reactive ketones (excluding diaryl/α,β-unsaturated/α-hetero) is 3. The standard InChI is InChI=1S/C22H38N4O7.C18H30O7.C14H22N4O7.C4H10N4O.C2HF3O/c1-21(2,3)32-19(29)10-8-17(27)15-16(20(30)33-22(4,5)6)7-9-18(28)24-11-13-31-14-12-25-26-23;1-17(2,3)24-15(22)10-8-13(19)11-12(7-9-14(20)21)16(23)25-18(4,5)6;15-18-17-6-8-25-7-5-16-12(20)3-1-10(14(23)24)9-11(19)2-4-13(21)22;5-1-3-9-4-2-7-8-6;3-2(4,5)1-6/h16H,7-15H2,1-6H3,(H,24,28);12H,7-11H2,1-6H3,(H,20,21);10H,1-9H2,(H,16,20)(H,21,22)(H,23,24);1-5H2;1H/t16-;12-;10-;;/m111../s1. The van der Waals surface area contributed by atoms with Crippen molar-refractivity contribution in [2.24, 2.45) is 38.8 Å². The number of nitrogens with zero attached hydrogens (tertiary/aromatic N) is 9. The highest BCUT2D eigenvalue weighted by Gasteiger charge is 2.31. The molecule has 0 saturated carbocycles. The Morgan fingerprint density at radius 3 is 1.03 bits per heavy atom. The van der Waals surface area contributed by atoms with E-state index in [1.807, 2.05) is 0 Å². The third-order valence-corrected chi connectivity index (χ3v) is 10.8. The van der Waals surface area contributed by atoms with Crippen molar-refractivity contribution in [3.05, 3.63) is 31.3 Å². The van der Waals surface area contributed by atoms with E-state index < -0.39 is 100 Å². The fourth-order valence-corrected chi connectivity index (χ4v) is 6.78. The van der Waals surface area contributed by atoms with E-state index in [-0.39, 0.29) is 172 Å². The molecule has 35 nitrogen and oxygen atoms in total. The van der Waals surface area contributed by atoms with Crippen LogP contribution in [0, 0.1) is 17.8 Å². The number of carboxylic acids is 3. The van der Waals surface area contributed by atoms with Crippen LogP contribution in [0.4, 0.5) is 13.2 Å². The summed E-state index contributed by atoms with van der Waals surface area (Å²) >= 11 is 0. The SMILES string of the molecule is CC(C)(C)OC(=O)CCC(=O)C[C@@H](CCC(=O)NCCOCCN=[N+]=[N-])C(=O)OC(C)(C)C.CC(C)(C)OC(=O)CCC(=O)C[C@@H](CCC(=O)O)C(=O)OC(C)(C)C.O=CC(F)(F)F.[N-]=[N+]=NCCOCCN.[N-]=[N+]=NCCOCCNC(=O)CC[C@H](CC(=O)CCC(=O)O)C(=O)O. The van der Waals surface area contributed by atoms with Crippen LogP contribution in [-0.4, -0.2) is 200 Å². The van der Waals surface area contributed by atoms with E-state index in [4.69, 9.17) is 75.6 Å². The van der Waals surface area contributed by atoms with Gasteiger partial charge >= 0.3 is 48.0 Å². The normalized spacial score (nSPS) is 11.8. The van der Waals surface area contributed by atoms with Gasteiger partial charge in [0.1, 0.15) is 39.8 Å². The van der Waals surface area contributed by atoms with Gasteiger partial charge in [-0.1, -0.05) is 15.3 Å². The van der Waals surface area contributed by atoms with Gasteiger partial charge in [-0.05, 0) is 119 Å². The Labute approximate surface area is 567 Å². The van der Waals surface area contributed by atoms with Gasteiger partial charge in [0.05, 0.1) is 76.7 Å². The van der Waals surface area contributed by atoms with E-state index in [0.717, 1.165) is 0 Å². The fraction of sp³-hybridized carbons (Fsp3) is 0.783. The molecule has 0 aliphatic carbocycles. The van der Waals surface area contributed by atoms with Crippen molar-refractivity contribution in [3.8, 4) is 0 Å². The van der Waals surface area contributed by atoms with Crippen molar-refractivity contribution >= 4 is 77.2 Å². The quantitative estimate of drug-likeness (QED) is 0.00642. The number of halogens is 3. The second-order valence-electron chi connectivity index (χ2n) is 24.6. The van der Waals surface area contributed by atoms with Gasteiger partial charge in [0, 0.05) is 112 Å². The molecule has 0 spiro atoms. The van der Waals surface area contributed by atoms with Crippen LogP contribution in [0.1, 0.15) is 179 Å². The Hall–Kier alpha value is -8.53. The molecule has 3 atom stereocenters. The molecule has 98 heavy (non-hydrogen) atoms. The summed E-state index contributed by atoms with van der Waals surface area (Å²) in [5.41, 5.74) is 26.4. The fourth-order valence-electron chi connectivity index (χ4n) is 6.78. The number of carboxylic acid groups (broad SMARTS) is 3. The first kappa shape index (κ1) is 98.1. The van der Waals surface area contributed by atoms with Crippen LogP contribution in [0.5, 0.6) is 0 Å². The molecular formula is C60H101F3N12O23. The highest BCUT2D eigenvalue weighted by molar-refractivity contribution is 5.89. The molecule has 38 heteroatoms. The molecule has 7 N–H and O–H groups in total. The van der Waals surface area contributed by atoms with Crippen LogP contribution in [0.2, 0.25) is 0 Å². The van der Waals surface area contributed by atoms with Gasteiger partial charge in [0.2, 0.25) is 18.1 Å². The molecule has 0 aromatic carbocycles. The summed E-state index contributed by atoms with van der Waals surface area (Å²) in [6.45, 7) is 24.4. The lowest BCUT2D eigenvalue weighted by Crippen LogP contribution is -2.32. The zero-order chi connectivity index (χ0) is 76.6. The molecule has 0 heterocycles. The number of nitrogens with one attached hydrogen (secondary N) is 2. The monoisotopic (exact) mass is 1410 g/mol. The molecule has 0 rings (SSSR count). The number of rotatable bonds is 44. The van der Waals surface area contributed by atoms with E-state index in [1.54, 1.807) is 83.1 Å². The molecule has 0 radical (unpaired) electrons. The number of esters is 4. The van der Waals surface area contributed by atoms with Crippen molar-refractivity contribution < 1.29 is 124 Å². The Bertz CT molecular complexity index is 2600. The Balaban J connectivity index is -0.000000401. The van der Waals surface area contributed by atoms with Crippen LogP contribution < -0.4 is 16.4 Å². The first-order chi connectivity index (χ1) is 45.3. The maximum absolute atomic E-state index is 12.6. The summed E-state index contributed by atoms with van der Waals surface area (Å²) in [7, 11) is 0. The van der Waals surface area contributed by atoms with Gasteiger partial charge in [0.25, 0.3) is 0 Å². The summed E-state index contributed by atoms with van der Waals surface area (Å²) in [4.78, 5) is 157. The number of amides is 2. The van der Waals surface area contributed by atoms with Gasteiger partial charge in [-0.3, -0.25) is 62.3 Å². The molecule has 0 unspecified atom stereocenters. The topological polar surface area (TPSA) is 544 Å². The van der Waals surface area contributed by atoms with Crippen LogP contribution in [-0.2, 0) is 95.5 Å². The Morgan fingerprint density at radius 1 is 0.449 bits per heavy atom. The molecular weight excluding hydrogens is 1310 g/mol. The van der Waals surface area contributed by atoms with Crippen LogP contribution in [0.15, 0.2) is 15.3 Å². The number of hydrogen-bond acceptors (Lipinski definition) is 24. The smallest absolute Gasteiger partial charge is 0.446 e. The van der Waals surface area contributed by atoms with Gasteiger partial charge in [-0.25, -0.2) is 0 Å². The minimum atomic E-state index is -4.64. The average molecular weight is 1420 g/mol. The van der Waals surface area contributed by atoms with E-state index >= 15 is 0 Å². The minimum absolute atomic E-state index is 0.0162. The van der Waals surface area contributed by atoms with E-state index in [1.165, 1.54) is 0 Å². The predicted molar refractivity (Wildman–Crippen MR) is 343 cm³/mol. The second kappa shape index (κ2) is 56.5.